The van der Waals surface area contributed by atoms with Crippen molar-refractivity contribution in [3.63, 3.8) is 0 Å². The molecule has 0 unspecified atom stereocenters. The van der Waals surface area contributed by atoms with Gasteiger partial charge >= 0.3 is 0 Å². The topological polar surface area (TPSA) is 59.4 Å². The van der Waals surface area contributed by atoms with Crippen molar-refractivity contribution in [1.82, 2.24) is 20.0 Å². The minimum absolute atomic E-state index is 0.153. The number of ether oxygens (including phenoxy) is 1. The van der Waals surface area contributed by atoms with Crippen LogP contribution in [0.5, 0.6) is 5.75 Å². The molecule has 2 aliphatic rings. The number of rotatable bonds is 8. The van der Waals surface area contributed by atoms with E-state index in [1.165, 1.54) is 5.69 Å². The summed E-state index contributed by atoms with van der Waals surface area (Å²) in [7, 11) is 0. The van der Waals surface area contributed by atoms with E-state index in [9.17, 15) is 4.79 Å². The van der Waals surface area contributed by atoms with Gasteiger partial charge in [-0.15, -0.1) is 0 Å². The maximum absolute atomic E-state index is 11.9. The number of fused-ring (bicyclic) bond motifs is 1. The highest BCUT2D eigenvalue weighted by Gasteiger charge is 2.23. The molecule has 27 heavy (non-hydrogen) atoms. The Morgan fingerprint density at radius 1 is 1.22 bits per heavy atom. The number of hydrogen-bond acceptors (Lipinski definition) is 4. The molecule has 0 radical (unpaired) electrons. The largest absolute Gasteiger partial charge is 0.492 e. The summed E-state index contributed by atoms with van der Waals surface area (Å²) in [6.07, 6.45) is 4.60. The van der Waals surface area contributed by atoms with E-state index in [0.29, 0.717) is 19.1 Å². The fourth-order valence-corrected chi connectivity index (χ4v) is 3.48. The number of aryl methyl sites for hydroxylation is 2. The average Bonchev–Trinajstić information content (AvgIpc) is 3.44. The van der Waals surface area contributed by atoms with Gasteiger partial charge in [-0.3, -0.25) is 14.4 Å². The number of hydrogen-bond donors (Lipinski definition) is 1. The van der Waals surface area contributed by atoms with Crippen LogP contribution < -0.4 is 10.1 Å². The number of nitrogens with one attached hydrogen (secondary N) is 1. The summed E-state index contributed by atoms with van der Waals surface area (Å²) in [5.74, 6) is 1.07. The van der Waals surface area contributed by atoms with Gasteiger partial charge in [0.15, 0.2) is 0 Å². The van der Waals surface area contributed by atoms with Crippen LogP contribution >= 0.6 is 0 Å². The molecule has 0 atom stereocenters. The molecule has 1 fully saturated rings. The molecule has 6 nitrogen and oxygen atoms in total. The SMILES string of the molecule is O=C(CCc1cc2n(n1)CCCN(CCOc1ccccc1)C2)NC1CC1. The molecule has 1 aliphatic heterocycles. The van der Waals surface area contributed by atoms with Crippen LogP contribution in [0.1, 0.15) is 37.1 Å². The fraction of sp³-hybridized carbons (Fsp3) is 0.524. The first kappa shape index (κ1) is 18.0. The fourth-order valence-electron chi connectivity index (χ4n) is 3.48. The van der Waals surface area contributed by atoms with Gasteiger partial charge in [0.2, 0.25) is 5.91 Å². The number of nitrogens with zero attached hydrogens (tertiary/aromatic N) is 3. The molecule has 6 heteroatoms. The standard InChI is InChI=1S/C21H28N4O2/c26-21(22-17-7-8-17)10-9-18-15-19-16-24(11-4-12-25(19)23-18)13-14-27-20-5-2-1-3-6-20/h1-3,5-6,15,17H,4,7-14,16H2,(H,22,26). The Morgan fingerprint density at radius 2 is 2.07 bits per heavy atom. The zero-order chi connectivity index (χ0) is 18.5. The molecule has 0 saturated heterocycles. The number of para-hydroxylation sites is 1. The maximum Gasteiger partial charge on any atom is 0.220 e. The number of aromatic nitrogens is 2. The monoisotopic (exact) mass is 368 g/mol. The van der Waals surface area contributed by atoms with E-state index in [-0.39, 0.29) is 5.91 Å². The van der Waals surface area contributed by atoms with Crippen LogP contribution in [-0.4, -0.2) is 46.3 Å². The Bertz CT molecular complexity index is 755. The van der Waals surface area contributed by atoms with Gasteiger partial charge in [0.1, 0.15) is 12.4 Å². The number of carbonyl (C=O) groups is 1. The first-order valence-electron chi connectivity index (χ1n) is 10.0. The molecule has 1 saturated carbocycles. The third-order valence-corrected chi connectivity index (χ3v) is 5.11. The Morgan fingerprint density at radius 3 is 2.89 bits per heavy atom. The molecule has 1 N–H and O–H groups in total. The Kier molecular flexibility index (Phi) is 5.72. The van der Waals surface area contributed by atoms with Gasteiger partial charge in [-0.25, -0.2) is 0 Å². The zero-order valence-electron chi connectivity index (χ0n) is 15.8. The van der Waals surface area contributed by atoms with E-state index in [4.69, 9.17) is 9.84 Å². The summed E-state index contributed by atoms with van der Waals surface area (Å²) in [6, 6.07) is 12.6. The van der Waals surface area contributed by atoms with E-state index in [1.54, 1.807) is 0 Å². The number of benzene rings is 1. The van der Waals surface area contributed by atoms with Crippen LogP contribution in [0.3, 0.4) is 0 Å². The first-order chi connectivity index (χ1) is 13.3. The van der Waals surface area contributed by atoms with Gasteiger partial charge in [0.05, 0.1) is 11.4 Å². The van der Waals surface area contributed by atoms with E-state index < -0.39 is 0 Å². The third-order valence-electron chi connectivity index (χ3n) is 5.11. The predicted octanol–water partition coefficient (Wildman–Crippen LogP) is 2.38. The lowest BCUT2D eigenvalue weighted by atomic mass is 10.2. The second kappa shape index (κ2) is 8.57. The highest BCUT2D eigenvalue weighted by Crippen LogP contribution is 2.19. The summed E-state index contributed by atoms with van der Waals surface area (Å²) in [6.45, 7) is 4.48. The number of amides is 1. The average molecular weight is 368 g/mol. The minimum atomic E-state index is 0.153. The third kappa shape index (κ3) is 5.32. The Balaban J connectivity index is 1.26. The van der Waals surface area contributed by atoms with Crippen molar-refractivity contribution >= 4 is 5.91 Å². The molecule has 0 spiro atoms. The van der Waals surface area contributed by atoms with Crippen LogP contribution in [0.25, 0.3) is 0 Å². The lowest BCUT2D eigenvalue weighted by Gasteiger charge is -2.19. The van der Waals surface area contributed by atoms with Crippen LogP contribution in [0.4, 0.5) is 0 Å². The molecular formula is C21H28N4O2. The number of carbonyl (C=O) groups excluding carboxylic acids is 1. The molecule has 144 valence electrons. The van der Waals surface area contributed by atoms with Gasteiger partial charge in [-0.05, 0) is 37.5 Å². The predicted molar refractivity (Wildman–Crippen MR) is 104 cm³/mol. The van der Waals surface area contributed by atoms with Crippen molar-refractivity contribution in [2.75, 3.05) is 19.7 Å². The van der Waals surface area contributed by atoms with Crippen LogP contribution in [0, 0.1) is 0 Å². The second-order valence-corrected chi connectivity index (χ2v) is 7.48. The van der Waals surface area contributed by atoms with Crippen molar-refractivity contribution in [1.29, 1.82) is 0 Å². The van der Waals surface area contributed by atoms with Crippen LogP contribution in [0.15, 0.2) is 36.4 Å². The summed E-state index contributed by atoms with van der Waals surface area (Å²) in [5.41, 5.74) is 2.27. The van der Waals surface area contributed by atoms with Gasteiger partial charge in [-0.2, -0.15) is 5.10 Å². The molecule has 2 heterocycles. The smallest absolute Gasteiger partial charge is 0.220 e. The summed E-state index contributed by atoms with van der Waals surface area (Å²) in [5, 5.41) is 7.76. The molecule has 0 bridgehead atoms. The maximum atomic E-state index is 11.9. The quantitative estimate of drug-likeness (QED) is 0.777. The van der Waals surface area contributed by atoms with Gasteiger partial charge in [0, 0.05) is 45.1 Å². The van der Waals surface area contributed by atoms with E-state index in [2.05, 4.69) is 21.0 Å². The van der Waals surface area contributed by atoms with Gasteiger partial charge in [0.25, 0.3) is 0 Å². The van der Waals surface area contributed by atoms with Crippen molar-refractivity contribution in [2.45, 2.75) is 51.2 Å². The lowest BCUT2D eigenvalue weighted by Crippen LogP contribution is -2.28. The molecule has 1 aromatic carbocycles. The second-order valence-electron chi connectivity index (χ2n) is 7.48. The van der Waals surface area contributed by atoms with E-state index >= 15 is 0 Å². The molecule has 1 aliphatic carbocycles. The molecule has 4 rings (SSSR count). The van der Waals surface area contributed by atoms with Crippen LogP contribution in [0.2, 0.25) is 0 Å². The lowest BCUT2D eigenvalue weighted by molar-refractivity contribution is -0.121. The van der Waals surface area contributed by atoms with E-state index in [1.807, 2.05) is 30.3 Å². The summed E-state index contributed by atoms with van der Waals surface area (Å²) < 4.78 is 7.95. The van der Waals surface area contributed by atoms with Crippen molar-refractivity contribution in [2.24, 2.45) is 0 Å². The Hall–Kier alpha value is -2.34. The zero-order valence-corrected chi connectivity index (χ0v) is 15.8. The van der Waals surface area contributed by atoms with Crippen molar-refractivity contribution < 1.29 is 9.53 Å². The van der Waals surface area contributed by atoms with Crippen molar-refractivity contribution in [3.05, 3.63) is 47.8 Å². The molecular weight excluding hydrogens is 340 g/mol. The van der Waals surface area contributed by atoms with Gasteiger partial charge in [-0.1, -0.05) is 18.2 Å². The molecule has 1 aromatic heterocycles. The summed E-state index contributed by atoms with van der Waals surface area (Å²) >= 11 is 0. The highest BCUT2D eigenvalue weighted by atomic mass is 16.5. The van der Waals surface area contributed by atoms with Gasteiger partial charge < -0.3 is 10.1 Å². The summed E-state index contributed by atoms with van der Waals surface area (Å²) in [4.78, 5) is 14.3. The van der Waals surface area contributed by atoms with Crippen LogP contribution in [-0.2, 0) is 24.3 Å². The minimum Gasteiger partial charge on any atom is -0.492 e. The molecule has 1 amide bonds. The first-order valence-corrected chi connectivity index (χ1v) is 10.0. The van der Waals surface area contributed by atoms with Crippen molar-refractivity contribution in [3.8, 4) is 5.75 Å². The normalized spacial score (nSPS) is 17.2. The van der Waals surface area contributed by atoms with E-state index in [0.717, 1.165) is 63.3 Å². The Labute approximate surface area is 160 Å². The highest BCUT2D eigenvalue weighted by molar-refractivity contribution is 5.76. The molecule has 2 aromatic rings.